The van der Waals surface area contributed by atoms with Crippen LogP contribution in [-0.2, 0) is 16.6 Å². The summed E-state index contributed by atoms with van der Waals surface area (Å²) in [7, 11) is -4.12. The van der Waals surface area contributed by atoms with E-state index in [-0.39, 0.29) is 22.3 Å². The van der Waals surface area contributed by atoms with Crippen LogP contribution in [0, 0.1) is 19.7 Å². The zero-order valence-electron chi connectivity index (χ0n) is 11.3. The van der Waals surface area contributed by atoms with Gasteiger partial charge in [0.05, 0.1) is 5.69 Å². The van der Waals surface area contributed by atoms with Crippen LogP contribution in [0.1, 0.15) is 16.1 Å². The Labute approximate surface area is 131 Å². The van der Waals surface area contributed by atoms with Crippen molar-refractivity contribution >= 4 is 38.1 Å². The van der Waals surface area contributed by atoms with E-state index in [1.165, 1.54) is 17.4 Å². The average molecular weight is 350 g/mol. The van der Waals surface area contributed by atoms with E-state index in [0.29, 0.717) is 5.69 Å². The van der Waals surface area contributed by atoms with Gasteiger partial charge in [-0.2, -0.15) is 0 Å². The zero-order chi connectivity index (χ0) is 15.8. The molecule has 1 heterocycles. The maximum Gasteiger partial charge on any atom is 0.266 e. The second kappa shape index (κ2) is 5.88. The van der Waals surface area contributed by atoms with Crippen LogP contribution in [0.5, 0.6) is 0 Å². The smallest absolute Gasteiger partial charge is 0.266 e. The maximum absolute atomic E-state index is 14.2. The molecule has 9 heteroatoms. The molecule has 1 aromatic carbocycles. The first-order valence-electron chi connectivity index (χ1n) is 5.89. The molecule has 21 heavy (non-hydrogen) atoms. The van der Waals surface area contributed by atoms with Crippen molar-refractivity contribution in [2.24, 2.45) is 5.73 Å². The van der Waals surface area contributed by atoms with Crippen molar-refractivity contribution in [1.29, 1.82) is 0 Å². The molecule has 0 radical (unpaired) electrons. The fraction of sp³-hybridized carbons (Fsp3) is 0.250. The number of nitrogens with zero attached hydrogens (tertiary/aromatic N) is 1. The summed E-state index contributed by atoms with van der Waals surface area (Å²) in [5.74, 6) is -0.903. The molecule has 0 aliphatic carbocycles. The van der Waals surface area contributed by atoms with Crippen molar-refractivity contribution in [2.75, 3.05) is 4.72 Å². The third-order valence-corrected chi connectivity index (χ3v) is 5.51. The molecule has 0 saturated heterocycles. The first-order valence-corrected chi connectivity index (χ1v) is 8.57. The van der Waals surface area contributed by atoms with Gasteiger partial charge >= 0.3 is 0 Å². The standard InChI is InChI=1S/C12H13ClFN3O2S2/c1-6-7(2)20-12(16-6)17-21(18,19)10-4-9(13)3-8(5-15)11(10)14/h3-4H,5,15H2,1-2H3,(H,16,17). The minimum absolute atomic E-state index is 0.0365. The van der Waals surface area contributed by atoms with Crippen molar-refractivity contribution in [2.45, 2.75) is 25.3 Å². The first-order chi connectivity index (χ1) is 9.74. The molecule has 0 saturated carbocycles. The summed E-state index contributed by atoms with van der Waals surface area (Å²) in [4.78, 5) is 4.40. The van der Waals surface area contributed by atoms with Gasteiger partial charge in [0, 0.05) is 22.0 Å². The van der Waals surface area contributed by atoms with Gasteiger partial charge < -0.3 is 5.73 Å². The Morgan fingerprint density at radius 1 is 1.43 bits per heavy atom. The topological polar surface area (TPSA) is 85.1 Å². The van der Waals surface area contributed by atoms with Gasteiger partial charge in [0.2, 0.25) is 0 Å². The van der Waals surface area contributed by atoms with Gasteiger partial charge in [0.25, 0.3) is 10.0 Å². The summed E-state index contributed by atoms with van der Waals surface area (Å²) in [5, 5.41) is 0.280. The number of sulfonamides is 1. The van der Waals surface area contributed by atoms with Crippen LogP contribution in [0.2, 0.25) is 5.02 Å². The average Bonchev–Trinajstić information content (AvgIpc) is 2.69. The highest BCUT2D eigenvalue weighted by Gasteiger charge is 2.23. The van der Waals surface area contributed by atoms with Crippen molar-refractivity contribution in [3.63, 3.8) is 0 Å². The lowest BCUT2D eigenvalue weighted by molar-refractivity contribution is 0.561. The second-order valence-corrected chi connectivity index (χ2v) is 7.64. The third-order valence-electron chi connectivity index (χ3n) is 2.84. The van der Waals surface area contributed by atoms with Crippen molar-refractivity contribution in [3.05, 3.63) is 39.1 Å². The molecule has 2 rings (SSSR count). The first kappa shape index (κ1) is 16.2. The Bertz CT molecular complexity index is 771. The number of rotatable bonds is 4. The van der Waals surface area contributed by atoms with Gasteiger partial charge in [-0.05, 0) is 26.0 Å². The molecule has 1 aromatic heterocycles. The number of halogens is 2. The summed E-state index contributed by atoms with van der Waals surface area (Å²) in [5.41, 5.74) is 6.13. The number of hydrogen-bond acceptors (Lipinski definition) is 5. The number of aryl methyl sites for hydroxylation is 2. The van der Waals surface area contributed by atoms with Crippen LogP contribution in [0.4, 0.5) is 9.52 Å². The van der Waals surface area contributed by atoms with E-state index < -0.39 is 20.7 Å². The predicted molar refractivity (Wildman–Crippen MR) is 81.7 cm³/mol. The number of nitrogens with one attached hydrogen (secondary N) is 1. The highest BCUT2D eigenvalue weighted by molar-refractivity contribution is 7.93. The molecule has 0 amide bonds. The molecule has 2 aromatic rings. The number of anilines is 1. The highest BCUT2D eigenvalue weighted by Crippen LogP contribution is 2.28. The Kier molecular flexibility index (Phi) is 4.52. The van der Waals surface area contributed by atoms with E-state index in [9.17, 15) is 12.8 Å². The monoisotopic (exact) mass is 349 g/mol. The third kappa shape index (κ3) is 3.34. The van der Waals surface area contributed by atoms with Gasteiger partial charge in [-0.25, -0.2) is 17.8 Å². The normalized spacial score (nSPS) is 11.7. The van der Waals surface area contributed by atoms with Gasteiger partial charge in [-0.3, -0.25) is 4.72 Å². The van der Waals surface area contributed by atoms with E-state index in [1.807, 2.05) is 6.92 Å². The molecule has 3 N–H and O–H groups in total. The van der Waals surface area contributed by atoms with Crippen LogP contribution in [-0.4, -0.2) is 13.4 Å². The van der Waals surface area contributed by atoms with Crippen LogP contribution < -0.4 is 10.5 Å². The minimum atomic E-state index is -4.12. The Balaban J connectivity index is 2.47. The summed E-state index contributed by atoms with van der Waals surface area (Å²) in [6.45, 7) is 3.43. The molecule has 0 bridgehead atoms. The van der Waals surface area contributed by atoms with E-state index in [4.69, 9.17) is 17.3 Å². The molecule has 0 aliphatic rings. The van der Waals surface area contributed by atoms with E-state index in [2.05, 4.69) is 9.71 Å². The molecular formula is C12H13ClFN3O2S2. The number of aromatic nitrogens is 1. The van der Waals surface area contributed by atoms with Gasteiger partial charge in [-0.1, -0.05) is 11.6 Å². The Hall–Kier alpha value is -1.22. The lowest BCUT2D eigenvalue weighted by atomic mass is 10.2. The molecule has 0 atom stereocenters. The van der Waals surface area contributed by atoms with Gasteiger partial charge in [-0.15, -0.1) is 11.3 Å². The Morgan fingerprint density at radius 3 is 2.62 bits per heavy atom. The molecule has 0 aliphatic heterocycles. The number of thiazole rings is 1. The fourth-order valence-corrected chi connectivity index (χ4v) is 4.15. The summed E-state index contributed by atoms with van der Waals surface area (Å²) in [6, 6.07) is 2.35. The molecule has 5 nitrogen and oxygen atoms in total. The van der Waals surface area contributed by atoms with Gasteiger partial charge in [0.1, 0.15) is 10.7 Å². The maximum atomic E-state index is 14.2. The number of benzene rings is 1. The molecular weight excluding hydrogens is 337 g/mol. The van der Waals surface area contributed by atoms with Gasteiger partial charge in [0.15, 0.2) is 5.13 Å². The largest absolute Gasteiger partial charge is 0.326 e. The highest BCUT2D eigenvalue weighted by atomic mass is 35.5. The number of nitrogens with two attached hydrogens (primary N) is 1. The van der Waals surface area contributed by atoms with Crippen LogP contribution in [0.15, 0.2) is 17.0 Å². The van der Waals surface area contributed by atoms with Crippen LogP contribution in [0.3, 0.4) is 0 Å². The lowest BCUT2D eigenvalue weighted by Crippen LogP contribution is -2.16. The zero-order valence-corrected chi connectivity index (χ0v) is 13.7. The lowest BCUT2D eigenvalue weighted by Gasteiger charge is -2.09. The predicted octanol–water partition coefficient (Wildman–Crippen LogP) is 2.81. The van der Waals surface area contributed by atoms with E-state index >= 15 is 0 Å². The SMILES string of the molecule is Cc1nc(NS(=O)(=O)c2cc(Cl)cc(CN)c2F)sc1C. The van der Waals surface area contributed by atoms with Crippen molar-refractivity contribution in [1.82, 2.24) is 4.98 Å². The van der Waals surface area contributed by atoms with Crippen molar-refractivity contribution < 1.29 is 12.8 Å². The van der Waals surface area contributed by atoms with E-state index in [1.54, 1.807) is 6.92 Å². The fourth-order valence-electron chi connectivity index (χ4n) is 1.65. The molecule has 114 valence electrons. The summed E-state index contributed by atoms with van der Waals surface area (Å²) in [6.07, 6.45) is 0. The van der Waals surface area contributed by atoms with Crippen LogP contribution in [0.25, 0.3) is 0 Å². The molecule has 0 unspecified atom stereocenters. The molecule has 0 fully saturated rings. The quantitative estimate of drug-likeness (QED) is 0.888. The van der Waals surface area contributed by atoms with Crippen molar-refractivity contribution in [3.8, 4) is 0 Å². The van der Waals surface area contributed by atoms with E-state index in [0.717, 1.165) is 10.9 Å². The van der Waals surface area contributed by atoms with Crippen LogP contribution >= 0.6 is 22.9 Å². The summed E-state index contributed by atoms with van der Waals surface area (Å²) >= 11 is 6.99. The summed E-state index contributed by atoms with van der Waals surface area (Å²) < 4.78 is 41.0. The minimum Gasteiger partial charge on any atom is -0.326 e. The molecule has 0 spiro atoms. The number of hydrogen-bond donors (Lipinski definition) is 2. The second-order valence-electron chi connectivity index (χ2n) is 4.35. The Morgan fingerprint density at radius 2 is 2.10 bits per heavy atom.